The zero-order chi connectivity index (χ0) is 22.7. The lowest BCUT2D eigenvalue weighted by molar-refractivity contribution is -0.130. The van der Waals surface area contributed by atoms with Gasteiger partial charge in [-0.2, -0.15) is 0 Å². The van der Waals surface area contributed by atoms with Crippen LogP contribution in [0.4, 0.5) is 15.9 Å². The van der Waals surface area contributed by atoms with Crippen molar-refractivity contribution in [2.45, 2.75) is 0 Å². The highest BCUT2D eigenvalue weighted by Crippen LogP contribution is 2.31. The van der Waals surface area contributed by atoms with Gasteiger partial charge >= 0.3 is 0 Å². The zero-order valence-electron chi connectivity index (χ0n) is 17.3. The highest BCUT2D eigenvalue weighted by Gasteiger charge is 2.13. The molecule has 2 aromatic carbocycles. The number of nitrogens with zero attached hydrogens (tertiary/aromatic N) is 4. The number of benzene rings is 2. The molecule has 7 nitrogen and oxygen atoms in total. The molecule has 4 aromatic rings. The Labute approximate surface area is 188 Å². The Morgan fingerprint density at radius 2 is 2.00 bits per heavy atom. The maximum atomic E-state index is 13.6. The van der Waals surface area contributed by atoms with Gasteiger partial charge in [0.25, 0.3) is 5.91 Å². The molecule has 0 fully saturated rings. The maximum Gasteiger partial charge on any atom is 0.259 e. The third-order valence-corrected chi connectivity index (χ3v) is 4.92. The number of ether oxygens (including phenoxy) is 1. The second kappa shape index (κ2) is 9.15. The molecule has 0 aliphatic rings. The number of amides is 1. The zero-order valence-corrected chi connectivity index (χ0v) is 18.1. The highest BCUT2D eigenvalue weighted by atomic mass is 35.5. The van der Waals surface area contributed by atoms with Gasteiger partial charge < -0.3 is 15.0 Å². The summed E-state index contributed by atoms with van der Waals surface area (Å²) in [5.41, 5.74) is 1.95. The van der Waals surface area contributed by atoms with E-state index in [0.29, 0.717) is 34.0 Å². The number of anilines is 2. The van der Waals surface area contributed by atoms with Gasteiger partial charge in [0.2, 0.25) is 0 Å². The molecule has 162 valence electrons. The normalized spacial score (nSPS) is 10.8. The quantitative estimate of drug-likeness (QED) is 0.458. The molecule has 0 spiro atoms. The number of hydrogen-bond acceptors (Lipinski definition) is 6. The van der Waals surface area contributed by atoms with Crippen LogP contribution in [0.25, 0.3) is 22.3 Å². The minimum absolute atomic E-state index is 0.00735. The first-order valence-electron chi connectivity index (χ1n) is 9.68. The molecule has 0 radical (unpaired) electrons. The Balaban J connectivity index is 1.77. The molecular weight excluding hydrogens is 433 g/mol. The van der Waals surface area contributed by atoms with Crippen molar-refractivity contribution in [2.24, 2.45) is 0 Å². The van der Waals surface area contributed by atoms with Gasteiger partial charge in [0, 0.05) is 43.1 Å². The average molecular weight is 452 g/mol. The number of pyridine rings is 1. The van der Waals surface area contributed by atoms with Crippen LogP contribution in [0.15, 0.2) is 60.9 Å². The molecular formula is C23H19ClFN5O2. The van der Waals surface area contributed by atoms with Crippen LogP contribution in [0, 0.1) is 5.82 Å². The molecule has 0 bridgehead atoms. The van der Waals surface area contributed by atoms with Gasteiger partial charge in [-0.15, -0.1) is 0 Å². The second-order valence-electron chi connectivity index (χ2n) is 7.15. The Hall–Kier alpha value is -3.78. The third kappa shape index (κ3) is 4.76. The monoisotopic (exact) mass is 451 g/mol. The third-order valence-electron chi connectivity index (χ3n) is 4.63. The summed E-state index contributed by atoms with van der Waals surface area (Å²) < 4.78 is 19.2. The molecule has 9 heteroatoms. The van der Waals surface area contributed by atoms with Crippen molar-refractivity contribution in [3.63, 3.8) is 0 Å². The molecule has 0 unspecified atom stereocenters. The second-order valence-corrected chi connectivity index (χ2v) is 7.55. The Bertz CT molecular complexity index is 1280. The first kappa shape index (κ1) is 21.5. The van der Waals surface area contributed by atoms with Crippen LogP contribution in [0.1, 0.15) is 0 Å². The molecule has 4 rings (SSSR count). The highest BCUT2D eigenvalue weighted by molar-refractivity contribution is 6.31. The lowest BCUT2D eigenvalue weighted by atomic mass is 10.2. The van der Waals surface area contributed by atoms with Crippen LogP contribution in [-0.2, 0) is 4.79 Å². The van der Waals surface area contributed by atoms with E-state index in [4.69, 9.17) is 16.3 Å². The lowest BCUT2D eigenvalue weighted by Gasteiger charge is -2.14. The van der Waals surface area contributed by atoms with Crippen LogP contribution >= 0.6 is 11.6 Å². The number of carbonyl (C=O) groups excluding carboxylic acids is 1. The van der Waals surface area contributed by atoms with Crippen LogP contribution in [0.5, 0.6) is 5.75 Å². The Morgan fingerprint density at radius 3 is 2.72 bits per heavy atom. The van der Waals surface area contributed by atoms with Gasteiger partial charge in [0.05, 0.1) is 10.5 Å². The molecule has 2 heterocycles. The predicted octanol–water partition coefficient (Wildman–Crippen LogP) is 4.69. The van der Waals surface area contributed by atoms with Crippen molar-refractivity contribution in [2.75, 3.05) is 26.0 Å². The minimum Gasteiger partial charge on any atom is -0.484 e. The smallest absolute Gasteiger partial charge is 0.259 e. The fraction of sp³-hybridized carbons (Fsp3) is 0.130. The number of likely N-dealkylation sites (N-methyl/N-ethyl adjacent to an activating group) is 1. The standard InChI is InChI=1S/C23H19ClFN5O2/c1-30(2)21(31)13-32-16-6-8-20-17(11-16)23(27-15-5-7-19(25)18(24)10-15)29-22(28-20)14-4-3-9-26-12-14/h3-12H,13H2,1-2H3,(H,27,28,29). The van der Waals surface area contributed by atoms with Gasteiger partial charge in [0.1, 0.15) is 17.4 Å². The summed E-state index contributed by atoms with van der Waals surface area (Å²) >= 11 is 5.94. The van der Waals surface area contributed by atoms with E-state index in [1.807, 2.05) is 6.07 Å². The SMILES string of the molecule is CN(C)C(=O)COc1ccc2nc(-c3cccnc3)nc(Nc3ccc(F)c(Cl)c3)c2c1. The predicted molar refractivity (Wildman–Crippen MR) is 122 cm³/mol. The van der Waals surface area contributed by atoms with Crippen LogP contribution < -0.4 is 10.1 Å². The minimum atomic E-state index is -0.512. The van der Waals surface area contributed by atoms with Gasteiger partial charge in [-0.25, -0.2) is 14.4 Å². The molecule has 0 atom stereocenters. The van der Waals surface area contributed by atoms with Crippen molar-refractivity contribution in [1.29, 1.82) is 0 Å². The van der Waals surface area contributed by atoms with E-state index in [0.717, 1.165) is 5.56 Å². The van der Waals surface area contributed by atoms with Crippen molar-refractivity contribution in [3.8, 4) is 17.1 Å². The van der Waals surface area contributed by atoms with E-state index in [-0.39, 0.29) is 17.5 Å². The fourth-order valence-corrected chi connectivity index (χ4v) is 3.08. The first-order valence-corrected chi connectivity index (χ1v) is 10.1. The van der Waals surface area contributed by atoms with Gasteiger partial charge in [0.15, 0.2) is 12.4 Å². The van der Waals surface area contributed by atoms with Gasteiger partial charge in [-0.1, -0.05) is 11.6 Å². The van der Waals surface area contributed by atoms with Gasteiger partial charge in [-0.05, 0) is 48.5 Å². The van der Waals surface area contributed by atoms with Crippen molar-refractivity contribution >= 4 is 39.9 Å². The van der Waals surface area contributed by atoms with E-state index >= 15 is 0 Å². The van der Waals surface area contributed by atoms with E-state index < -0.39 is 5.82 Å². The largest absolute Gasteiger partial charge is 0.484 e. The number of rotatable bonds is 6. The number of halogens is 2. The number of nitrogens with one attached hydrogen (secondary N) is 1. The molecule has 1 amide bonds. The summed E-state index contributed by atoms with van der Waals surface area (Å²) in [5, 5.41) is 3.83. The van der Waals surface area contributed by atoms with E-state index in [1.165, 1.54) is 17.0 Å². The molecule has 2 aromatic heterocycles. The molecule has 1 N–H and O–H groups in total. The number of fused-ring (bicyclic) bond motifs is 1. The van der Waals surface area contributed by atoms with Crippen LogP contribution in [0.2, 0.25) is 5.02 Å². The molecule has 0 aliphatic heterocycles. The number of aromatic nitrogens is 3. The number of carbonyl (C=O) groups is 1. The Morgan fingerprint density at radius 1 is 1.16 bits per heavy atom. The lowest BCUT2D eigenvalue weighted by Crippen LogP contribution is -2.27. The van der Waals surface area contributed by atoms with Crippen molar-refractivity contribution in [3.05, 3.63) is 71.8 Å². The first-order chi connectivity index (χ1) is 15.4. The summed E-state index contributed by atoms with van der Waals surface area (Å²) in [6.07, 6.45) is 3.34. The molecule has 0 saturated carbocycles. The summed E-state index contributed by atoms with van der Waals surface area (Å²) in [4.78, 5) is 26.7. The van der Waals surface area contributed by atoms with Crippen molar-refractivity contribution < 1.29 is 13.9 Å². The van der Waals surface area contributed by atoms with E-state index in [9.17, 15) is 9.18 Å². The topological polar surface area (TPSA) is 80.2 Å². The summed E-state index contributed by atoms with van der Waals surface area (Å²) in [5.74, 6) is 0.763. The fourth-order valence-electron chi connectivity index (χ4n) is 2.90. The number of hydrogen-bond donors (Lipinski definition) is 1. The molecule has 0 aliphatic carbocycles. The van der Waals surface area contributed by atoms with E-state index in [2.05, 4.69) is 20.3 Å². The average Bonchev–Trinajstić information content (AvgIpc) is 2.80. The van der Waals surface area contributed by atoms with Crippen LogP contribution in [0.3, 0.4) is 0 Å². The van der Waals surface area contributed by atoms with Gasteiger partial charge in [-0.3, -0.25) is 9.78 Å². The molecule has 32 heavy (non-hydrogen) atoms. The summed E-state index contributed by atoms with van der Waals surface area (Å²) in [6, 6.07) is 13.3. The van der Waals surface area contributed by atoms with Crippen LogP contribution in [-0.4, -0.2) is 46.5 Å². The summed E-state index contributed by atoms with van der Waals surface area (Å²) in [6.45, 7) is -0.0938. The Kier molecular flexibility index (Phi) is 6.13. The molecule has 0 saturated heterocycles. The van der Waals surface area contributed by atoms with Crippen molar-refractivity contribution in [1.82, 2.24) is 19.9 Å². The summed E-state index contributed by atoms with van der Waals surface area (Å²) in [7, 11) is 3.32. The van der Waals surface area contributed by atoms with E-state index in [1.54, 1.807) is 56.8 Å². The maximum absolute atomic E-state index is 13.6.